The number of H-pyrrole nitrogens is 1. The molecule has 100 valence electrons. The lowest BCUT2D eigenvalue weighted by Gasteiger charge is -2.32. The normalized spacial score (nSPS) is 17.8. The van der Waals surface area contributed by atoms with Gasteiger partial charge in [-0.2, -0.15) is 15.4 Å². The molecule has 1 amide bonds. The summed E-state index contributed by atoms with van der Waals surface area (Å²) >= 11 is 0. The van der Waals surface area contributed by atoms with Gasteiger partial charge in [-0.3, -0.25) is 4.79 Å². The Balaban J connectivity index is 1.72. The van der Waals surface area contributed by atoms with Crippen LogP contribution in [-0.4, -0.2) is 51.9 Å². The Bertz CT molecular complexity index is 357. The molecule has 0 aliphatic carbocycles. The maximum Gasteiger partial charge on any atom is 0.273 e. The van der Waals surface area contributed by atoms with Crippen molar-refractivity contribution in [3.05, 3.63) is 11.9 Å². The molecule has 2 rings (SSSR count). The van der Waals surface area contributed by atoms with Crippen molar-refractivity contribution in [3.63, 3.8) is 0 Å². The first-order chi connectivity index (χ1) is 8.79. The van der Waals surface area contributed by atoms with Crippen molar-refractivity contribution >= 4 is 5.91 Å². The summed E-state index contributed by atoms with van der Waals surface area (Å²) < 4.78 is 0. The average molecular weight is 251 g/mol. The Morgan fingerprint density at radius 3 is 2.94 bits per heavy atom. The van der Waals surface area contributed by atoms with Gasteiger partial charge >= 0.3 is 0 Å². The summed E-state index contributed by atoms with van der Waals surface area (Å²) in [5.41, 5.74) is 0.364. The lowest BCUT2D eigenvalue weighted by atomic mass is 10.0. The van der Waals surface area contributed by atoms with Gasteiger partial charge in [0.25, 0.3) is 5.91 Å². The first kappa shape index (κ1) is 13.0. The number of aromatic amines is 1. The van der Waals surface area contributed by atoms with Crippen molar-refractivity contribution in [2.75, 3.05) is 19.6 Å². The summed E-state index contributed by atoms with van der Waals surface area (Å²) in [6.07, 6.45) is 5.99. The second kappa shape index (κ2) is 6.49. The quantitative estimate of drug-likeness (QED) is 0.811. The smallest absolute Gasteiger partial charge is 0.273 e. The maximum atomic E-state index is 11.8. The molecule has 0 bridgehead atoms. The predicted octanol–water partition coefficient (Wildman–Crippen LogP) is 0.799. The van der Waals surface area contributed by atoms with E-state index in [4.69, 9.17) is 0 Å². The number of likely N-dealkylation sites (tertiary alicyclic amines) is 1. The molecule has 1 saturated heterocycles. The van der Waals surface area contributed by atoms with E-state index in [2.05, 4.69) is 32.6 Å². The fourth-order valence-corrected chi connectivity index (χ4v) is 2.25. The lowest BCUT2D eigenvalue weighted by molar-refractivity contribution is 0.0905. The first-order valence-electron chi connectivity index (χ1n) is 6.68. The van der Waals surface area contributed by atoms with Gasteiger partial charge in [0.05, 0.1) is 6.20 Å². The van der Waals surface area contributed by atoms with Gasteiger partial charge < -0.3 is 10.2 Å². The third kappa shape index (κ3) is 3.53. The molecule has 0 spiro atoms. The molecule has 0 radical (unpaired) electrons. The minimum Gasteiger partial charge on any atom is -0.348 e. The molecule has 1 aromatic rings. The molecule has 1 aliphatic heterocycles. The Morgan fingerprint density at radius 2 is 2.33 bits per heavy atom. The second-order valence-corrected chi connectivity index (χ2v) is 4.80. The van der Waals surface area contributed by atoms with Crippen LogP contribution in [0.2, 0.25) is 0 Å². The van der Waals surface area contributed by atoms with Crippen LogP contribution >= 0.6 is 0 Å². The number of nitrogens with zero attached hydrogens (tertiary/aromatic N) is 3. The summed E-state index contributed by atoms with van der Waals surface area (Å²) in [5, 5.41) is 12.9. The number of amides is 1. The highest BCUT2D eigenvalue weighted by Crippen LogP contribution is 2.11. The van der Waals surface area contributed by atoms with E-state index in [0.29, 0.717) is 5.69 Å². The minimum atomic E-state index is -0.129. The Labute approximate surface area is 107 Å². The lowest BCUT2D eigenvalue weighted by Crippen LogP contribution is -2.44. The van der Waals surface area contributed by atoms with Crippen LogP contribution in [0.15, 0.2) is 6.20 Å². The first-order valence-corrected chi connectivity index (χ1v) is 6.68. The highest BCUT2D eigenvalue weighted by Gasteiger charge is 2.21. The number of rotatable bonds is 5. The molecule has 2 N–H and O–H groups in total. The Hall–Kier alpha value is -1.43. The number of unbranched alkanes of at least 4 members (excludes halogenated alkanes) is 1. The van der Waals surface area contributed by atoms with Gasteiger partial charge in [-0.1, -0.05) is 13.3 Å². The Kier molecular flexibility index (Phi) is 4.69. The summed E-state index contributed by atoms with van der Waals surface area (Å²) in [7, 11) is 0. The van der Waals surface area contributed by atoms with Crippen LogP contribution in [0.25, 0.3) is 0 Å². The van der Waals surface area contributed by atoms with E-state index in [-0.39, 0.29) is 11.9 Å². The minimum absolute atomic E-state index is 0.129. The number of hydrogen-bond acceptors (Lipinski definition) is 4. The highest BCUT2D eigenvalue weighted by atomic mass is 16.2. The van der Waals surface area contributed by atoms with Crippen molar-refractivity contribution in [2.45, 2.75) is 38.6 Å². The van der Waals surface area contributed by atoms with Crippen LogP contribution in [0.4, 0.5) is 0 Å². The van der Waals surface area contributed by atoms with Gasteiger partial charge in [0.1, 0.15) is 0 Å². The van der Waals surface area contributed by atoms with E-state index >= 15 is 0 Å². The summed E-state index contributed by atoms with van der Waals surface area (Å²) in [6, 6.07) is 0.270. The van der Waals surface area contributed by atoms with Gasteiger partial charge in [-0.25, -0.2) is 0 Å². The number of piperidine rings is 1. The molecule has 1 fully saturated rings. The molecular weight excluding hydrogens is 230 g/mol. The van der Waals surface area contributed by atoms with Crippen LogP contribution < -0.4 is 5.32 Å². The van der Waals surface area contributed by atoms with Crippen LogP contribution in [0.3, 0.4) is 0 Å². The summed E-state index contributed by atoms with van der Waals surface area (Å²) in [5.74, 6) is -0.129. The van der Waals surface area contributed by atoms with Crippen LogP contribution in [-0.2, 0) is 0 Å². The van der Waals surface area contributed by atoms with Crippen molar-refractivity contribution in [1.29, 1.82) is 0 Å². The van der Waals surface area contributed by atoms with E-state index in [1.165, 1.54) is 25.6 Å². The molecule has 6 heteroatoms. The molecule has 2 heterocycles. The van der Waals surface area contributed by atoms with E-state index < -0.39 is 0 Å². The SMILES string of the molecule is CCCCN1CCC(NC(=O)c2cn[nH]n2)CC1. The fraction of sp³-hybridized carbons (Fsp3) is 0.750. The fourth-order valence-electron chi connectivity index (χ4n) is 2.25. The van der Waals surface area contributed by atoms with Gasteiger partial charge in [0.2, 0.25) is 0 Å². The zero-order valence-corrected chi connectivity index (χ0v) is 10.9. The molecule has 6 nitrogen and oxygen atoms in total. The molecule has 1 aliphatic rings. The standard InChI is InChI=1S/C12H21N5O/c1-2-3-6-17-7-4-10(5-8-17)14-12(18)11-9-13-16-15-11/h9-10H,2-8H2,1H3,(H,14,18)(H,13,15,16). The number of nitrogens with one attached hydrogen (secondary N) is 2. The van der Waals surface area contributed by atoms with E-state index in [1.54, 1.807) is 0 Å². The van der Waals surface area contributed by atoms with Crippen LogP contribution in [0.1, 0.15) is 43.1 Å². The van der Waals surface area contributed by atoms with E-state index in [9.17, 15) is 4.79 Å². The van der Waals surface area contributed by atoms with Crippen molar-refractivity contribution in [3.8, 4) is 0 Å². The molecule has 18 heavy (non-hydrogen) atoms. The van der Waals surface area contributed by atoms with Gasteiger partial charge in [-0.05, 0) is 25.8 Å². The Morgan fingerprint density at radius 1 is 1.56 bits per heavy atom. The molecule has 0 atom stereocenters. The molecule has 1 aromatic heterocycles. The summed E-state index contributed by atoms with van der Waals surface area (Å²) in [4.78, 5) is 14.3. The molecule has 0 unspecified atom stereocenters. The topological polar surface area (TPSA) is 73.9 Å². The number of hydrogen-bond donors (Lipinski definition) is 2. The molecule has 0 saturated carbocycles. The monoisotopic (exact) mass is 251 g/mol. The predicted molar refractivity (Wildman–Crippen MR) is 68.2 cm³/mol. The third-order valence-corrected chi connectivity index (χ3v) is 3.40. The molecular formula is C12H21N5O. The van der Waals surface area contributed by atoms with Gasteiger partial charge in [-0.15, -0.1) is 0 Å². The highest BCUT2D eigenvalue weighted by molar-refractivity contribution is 5.91. The number of aromatic nitrogens is 3. The zero-order chi connectivity index (χ0) is 12.8. The van der Waals surface area contributed by atoms with Crippen LogP contribution in [0.5, 0.6) is 0 Å². The second-order valence-electron chi connectivity index (χ2n) is 4.80. The number of carbonyl (C=O) groups excluding carboxylic acids is 1. The average Bonchev–Trinajstić information content (AvgIpc) is 2.92. The summed E-state index contributed by atoms with van der Waals surface area (Å²) in [6.45, 7) is 5.54. The van der Waals surface area contributed by atoms with E-state index in [0.717, 1.165) is 25.9 Å². The largest absolute Gasteiger partial charge is 0.348 e. The van der Waals surface area contributed by atoms with Crippen LogP contribution in [0, 0.1) is 0 Å². The molecule has 0 aromatic carbocycles. The van der Waals surface area contributed by atoms with Gasteiger partial charge in [0.15, 0.2) is 5.69 Å². The van der Waals surface area contributed by atoms with Crippen molar-refractivity contribution in [1.82, 2.24) is 25.6 Å². The third-order valence-electron chi connectivity index (χ3n) is 3.40. The number of carbonyl (C=O) groups is 1. The van der Waals surface area contributed by atoms with E-state index in [1.807, 2.05) is 0 Å². The van der Waals surface area contributed by atoms with Crippen molar-refractivity contribution in [2.24, 2.45) is 0 Å². The maximum absolute atomic E-state index is 11.8. The zero-order valence-electron chi connectivity index (χ0n) is 10.9. The van der Waals surface area contributed by atoms with Gasteiger partial charge in [0, 0.05) is 19.1 Å². The van der Waals surface area contributed by atoms with Crippen molar-refractivity contribution < 1.29 is 4.79 Å².